The molecule has 0 unspecified atom stereocenters. The largest absolute Gasteiger partial charge is 0.393 e. The maximum atomic E-state index is 13.9. The van der Waals surface area contributed by atoms with Gasteiger partial charge in [0.2, 0.25) is 0 Å². The Morgan fingerprint density at radius 2 is 1.74 bits per heavy atom. The molecule has 248 valence electrons. The number of fused-ring (bicyclic) bond motifs is 2. The molecule has 0 saturated carbocycles. The number of rotatable bonds is 10. The van der Waals surface area contributed by atoms with Gasteiger partial charge in [-0.05, 0) is 124 Å². The molecule has 6 rings (SSSR count). The Bertz CT molecular complexity index is 1440. The zero-order valence-electron chi connectivity index (χ0n) is 28.6. The number of pyridine rings is 1. The van der Waals surface area contributed by atoms with Gasteiger partial charge in [0.05, 0.1) is 23.2 Å². The molecule has 0 radical (unpaired) electrons. The summed E-state index contributed by atoms with van der Waals surface area (Å²) in [5.41, 5.74) is 7.03. The second-order valence-corrected chi connectivity index (χ2v) is 15.8. The highest BCUT2D eigenvalue weighted by molar-refractivity contribution is 6.41. The Morgan fingerprint density at radius 3 is 2.48 bits per heavy atom. The number of ketones is 2. The Kier molecular flexibility index (Phi) is 10.2. The number of nitrogens with zero attached hydrogens (tertiary/aromatic N) is 4. The van der Waals surface area contributed by atoms with E-state index >= 15 is 0 Å². The van der Waals surface area contributed by atoms with Crippen LogP contribution in [0.15, 0.2) is 35.3 Å². The van der Waals surface area contributed by atoms with Gasteiger partial charge >= 0.3 is 0 Å². The summed E-state index contributed by atoms with van der Waals surface area (Å²) in [5.74, 6) is 1.37. The summed E-state index contributed by atoms with van der Waals surface area (Å²) in [6.07, 6.45) is 9.03. The van der Waals surface area contributed by atoms with Crippen LogP contribution in [0.4, 0.5) is 5.69 Å². The third kappa shape index (κ3) is 8.03. The average molecular weight is 627 g/mol. The topological polar surface area (TPSA) is 86.1 Å². The number of aliphatic hydroxyl groups is 1. The minimum Gasteiger partial charge on any atom is -0.393 e. The van der Waals surface area contributed by atoms with Gasteiger partial charge < -0.3 is 14.9 Å². The van der Waals surface area contributed by atoms with E-state index in [1.807, 2.05) is 12.1 Å². The number of hydrogen-bond donors (Lipinski definition) is 1. The van der Waals surface area contributed by atoms with Crippen molar-refractivity contribution in [1.29, 1.82) is 0 Å². The van der Waals surface area contributed by atoms with E-state index in [2.05, 4.69) is 55.8 Å². The predicted molar refractivity (Wildman–Crippen MR) is 184 cm³/mol. The number of aromatic nitrogens is 1. The van der Waals surface area contributed by atoms with Crippen molar-refractivity contribution >= 4 is 23.0 Å². The van der Waals surface area contributed by atoms with Gasteiger partial charge in [0, 0.05) is 43.6 Å². The molecule has 2 saturated heterocycles. The summed E-state index contributed by atoms with van der Waals surface area (Å²) in [5, 5.41) is 10.0. The number of aryl methyl sites for hydroxylation is 1. The molecule has 7 heteroatoms. The zero-order chi connectivity index (χ0) is 32.4. The third-order valence-corrected chi connectivity index (χ3v) is 11.4. The summed E-state index contributed by atoms with van der Waals surface area (Å²) in [6, 6.07) is 10.3. The van der Waals surface area contributed by atoms with E-state index in [-0.39, 0.29) is 29.0 Å². The quantitative estimate of drug-likeness (QED) is 0.309. The lowest BCUT2D eigenvalue weighted by Crippen LogP contribution is -2.37. The van der Waals surface area contributed by atoms with Crippen molar-refractivity contribution in [1.82, 2.24) is 14.8 Å². The Balaban J connectivity index is 1.17. The van der Waals surface area contributed by atoms with Crippen LogP contribution in [0.5, 0.6) is 0 Å². The molecular formula is C39H54N4O3. The van der Waals surface area contributed by atoms with E-state index in [1.165, 1.54) is 11.3 Å². The van der Waals surface area contributed by atoms with Crippen molar-refractivity contribution in [2.75, 3.05) is 39.8 Å². The van der Waals surface area contributed by atoms with Crippen LogP contribution < -0.4 is 0 Å². The first-order valence-electron chi connectivity index (χ1n) is 17.9. The molecule has 2 aromatic rings. The Morgan fingerprint density at radius 1 is 0.978 bits per heavy atom. The zero-order valence-corrected chi connectivity index (χ0v) is 28.6. The van der Waals surface area contributed by atoms with E-state index in [4.69, 9.17) is 9.98 Å². The van der Waals surface area contributed by atoms with Crippen LogP contribution in [-0.2, 0) is 24.1 Å². The van der Waals surface area contributed by atoms with Gasteiger partial charge in [-0.25, -0.2) is 4.99 Å². The van der Waals surface area contributed by atoms with Crippen LogP contribution in [0.2, 0.25) is 0 Å². The molecule has 46 heavy (non-hydrogen) atoms. The number of likely N-dealkylation sites (tertiary alicyclic amines) is 2. The first-order valence-corrected chi connectivity index (χ1v) is 17.9. The molecule has 7 nitrogen and oxygen atoms in total. The Labute approximate surface area is 275 Å². The summed E-state index contributed by atoms with van der Waals surface area (Å²) in [6.45, 7) is 11.7. The van der Waals surface area contributed by atoms with Gasteiger partial charge in [0.15, 0.2) is 11.6 Å². The molecule has 4 heterocycles. The van der Waals surface area contributed by atoms with Crippen molar-refractivity contribution < 1.29 is 14.7 Å². The fourth-order valence-corrected chi connectivity index (χ4v) is 7.99. The van der Waals surface area contributed by atoms with Crippen molar-refractivity contribution in [3.8, 4) is 0 Å². The lowest BCUT2D eigenvalue weighted by Gasteiger charge is -2.34. The van der Waals surface area contributed by atoms with Gasteiger partial charge in [-0.3, -0.25) is 14.6 Å². The standard InChI is InChI=1S/C39H54N4O3/c1-39(2,3)31-8-9-33-30(22-31)23-34-35(40-33)25-36(41-34)38(46)24-28(12-17-43-18-13-32(44)14-19-43)27-6-5-7-29(21-27)37(45)20-26-10-15-42(4)16-11-26/h5-7,21,23,26,28,31-32,44H,8-20,22,24-25H2,1-4H3/t28-,31-/m0/s1. The summed E-state index contributed by atoms with van der Waals surface area (Å²) >= 11 is 0. The molecule has 1 N–H and O–H groups in total. The van der Waals surface area contributed by atoms with Crippen LogP contribution >= 0.6 is 0 Å². The summed E-state index contributed by atoms with van der Waals surface area (Å²) in [4.78, 5) is 42.0. The van der Waals surface area contributed by atoms with Gasteiger partial charge in [-0.1, -0.05) is 39.0 Å². The monoisotopic (exact) mass is 626 g/mol. The third-order valence-electron chi connectivity index (χ3n) is 11.4. The molecule has 3 aliphatic heterocycles. The van der Waals surface area contributed by atoms with Gasteiger partial charge in [-0.15, -0.1) is 0 Å². The number of hydrogen-bond acceptors (Lipinski definition) is 7. The second-order valence-electron chi connectivity index (χ2n) is 15.8. The van der Waals surface area contributed by atoms with E-state index < -0.39 is 0 Å². The SMILES string of the molecule is CN1CCC(CC(=O)c2cccc([C@@H](CCN3CCC(O)CC3)CC(=O)C3=Nc4cc5c(nc4C3)CC[C@H](C(C)(C)C)C5)c2)CC1. The molecule has 0 amide bonds. The number of benzene rings is 1. The van der Waals surface area contributed by atoms with Gasteiger partial charge in [0.25, 0.3) is 0 Å². The van der Waals surface area contributed by atoms with Gasteiger partial charge in [0.1, 0.15) is 0 Å². The second kappa shape index (κ2) is 14.2. The van der Waals surface area contributed by atoms with Crippen molar-refractivity contribution in [2.24, 2.45) is 22.2 Å². The number of piperidine rings is 2. The van der Waals surface area contributed by atoms with E-state index in [1.54, 1.807) is 0 Å². The van der Waals surface area contributed by atoms with E-state index in [9.17, 15) is 14.7 Å². The average Bonchev–Trinajstić information content (AvgIpc) is 3.46. The molecule has 0 spiro atoms. The minimum atomic E-state index is -0.207. The van der Waals surface area contributed by atoms with Crippen molar-refractivity contribution in [3.05, 3.63) is 58.4 Å². The van der Waals surface area contributed by atoms with Gasteiger partial charge in [-0.2, -0.15) is 0 Å². The first-order chi connectivity index (χ1) is 22.0. The number of carbonyl (C=O) groups excluding carboxylic acids is 2. The lowest BCUT2D eigenvalue weighted by molar-refractivity contribution is -0.113. The molecule has 1 aliphatic carbocycles. The fourth-order valence-electron chi connectivity index (χ4n) is 7.99. The molecule has 2 fully saturated rings. The Hall–Kier alpha value is -2.74. The number of aliphatic imine (C=N–C) groups is 1. The minimum absolute atomic E-state index is 0.00412. The normalized spacial score (nSPS) is 22.3. The predicted octanol–water partition coefficient (Wildman–Crippen LogP) is 6.37. The lowest BCUT2D eigenvalue weighted by atomic mass is 9.71. The highest BCUT2D eigenvalue weighted by Crippen LogP contribution is 2.39. The number of carbonyl (C=O) groups is 2. The molecular weight excluding hydrogens is 572 g/mol. The molecule has 4 aliphatic rings. The molecule has 1 aromatic carbocycles. The highest BCUT2D eigenvalue weighted by atomic mass is 16.3. The number of Topliss-reactive ketones (excluding diaryl/α,β-unsaturated/α-hetero) is 2. The summed E-state index contributed by atoms with van der Waals surface area (Å²) < 4.78 is 0. The fraction of sp³-hybridized carbons (Fsp3) is 0.641. The maximum Gasteiger partial charge on any atom is 0.178 e. The number of aliphatic hydroxyl groups excluding tert-OH is 1. The summed E-state index contributed by atoms with van der Waals surface area (Å²) in [7, 11) is 2.15. The maximum absolute atomic E-state index is 13.9. The molecule has 1 aromatic heterocycles. The van der Waals surface area contributed by atoms with Crippen LogP contribution in [0, 0.1) is 17.3 Å². The highest BCUT2D eigenvalue weighted by Gasteiger charge is 2.32. The molecule has 0 bridgehead atoms. The van der Waals surface area contributed by atoms with Crippen LogP contribution in [0.3, 0.4) is 0 Å². The van der Waals surface area contributed by atoms with Crippen LogP contribution in [0.25, 0.3) is 0 Å². The van der Waals surface area contributed by atoms with Crippen LogP contribution in [0.1, 0.15) is 111 Å². The smallest absolute Gasteiger partial charge is 0.178 e. The van der Waals surface area contributed by atoms with Crippen molar-refractivity contribution in [3.63, 3.8) is 0 Å². The van der Waals surface area contributed by atoms with Crippen molar-refractivity contribution in [2.45, 2.75) is 103 Å². The first kappa shape index (κ1) is 33.2. The van der Waals surface area contributed by atoms with Crippen LogP contribution in [-0.4, -0.2) is 83.0 Å². The van der Waals surface area contributed by atoms with E-state index in [0.717, 1.165) is 107 Å². The van der Waals surface area contributed by atoms with E-state index in [0.29, 0.717) is 36.8 Å². The molecule has 2 atom stereocenters.